The van der Waals surface area contributed by atoms with Gasteiger partial charge < -0.3 is 15.5 Å². The number of pyridine rings is 1. The molecule has 1 aromatic heterocycles. The molecule has 1 unspecified atom stereocenters. The highest BCUT2D eigenvalue weighted by Gasteiger charge is 2.49. The van der Waals surface area contributed by atoms with Crippen molar-refractivity contribution in [1.29, 1.82) is 0 Å². The Morgan fingerprint density at radius 3 is 2.62 bits per heavy atom. The largest absolute Gasteiger partial charge is 0.342 e. The van der Waals surface area contributed by atoms with Gasteiger partial charge >= 0.3 is 0 Å². The van der Waals surface area contributed by atoms with E-state index in [1.807, 2.05) is 29.2 Å². The van der Waals surface area contributed by atoms with Crippen LogP contribution in [0.15, 0.2) is 42.7 Å². The van der Waals surface area contributed by atoms with Crippen LogP contribution < -0.4 is 10.6 Å². The van der Waals surface area contributed by atoms with Crippen LogP contribution in [0.5, 0.6) is 0 Å². The van der Waals surface area contributed by atoms with Crippen molar-refractivity contribution >= 4 is 17.5 Å². The Hall–Kier alpha value is -2.73. The molecule has 6 nitrogen and oxygen atoms in total. The third kappa shape index (κ3) is 3.12. The maximum absolute atomic E-state index is 13.0. The minimum absolute atomic E-state index is 0.0748. The minimum atomic E-state index is -0.528. The first-order chi connectivity index (χ1) is 14.2. The Labute approximate surface area is 170 Å². The smallest absolute Gasteiger partial charge is 0.235 e. The Kier molecular flexibility index (Phi) is 4.59. The van der Waals surface area contributed by atoms with Gasteiger partial charge in [-0.15, -0.1) is 0 Å². The molecule has 2 amide bonds. The SMILES string of the molecule is O=C(C1CCCNC1)N1CCC2(CC1)C(=O)Nc1ccc(-c3ccncc3)cc12. The van der Waals surface area contributed by atoms with Gasteiger partial charge in [0.05, 0.1) is 11.3 Å². The number of likely N-dealkylation sites (tertiary alicyclic amines) is 1. The molecule has 2 fully saturated rings. The van der Waals surface area contributed by atoms with Crippen LogP contribution >= 0.6 is 0 Å². The van der Waals surface area contributed by atoms with Crippen molar-refractivity contribution in [2.45, 2.75) is 31.1 Å². The Bertz CT molecular complexity index is 929. The van der Waals surface area contributed by atoms with E-state index < -0.39 is 5.41 Å². The van der Waals surface area contributed by atoms with Crippen molar-refractivity contribution in [2.75, 3.05) is 31.5 Å². The fourth-order valence-electron chi connectivity index (χ4n) is 5.06. The summed E-state index contributed by atoms with van der Waals surface area (Å²) >= 11 is 0. The molecule has 2 saturated heterocycles. The predicted octanol–water partition coefficient (Wildman–Crippen LogP) is 2.56. The minimum Gasteiger partial charge on any atom is -0.342 e. The van der Waals surface area contributed by atoms with Gasteiger partial charge in [0.15, 0.2) is 0 Å². The normalized spacial score (nSPS) is 23.0. The summed E-state index contributed by atoms with van der Waals surface area (Å²) in [5.74, 6) is 0.405. The van der Waals surface area contributed by atoms with Crippen LogP contribution in [-0.2, 0) is 15.0 Å². The summed E-state index contributed by atoms with van der Waals surface area (Å²) in [4.78, 5) is 32.0. The number of rotatable bonds is 2. The monoisotopic (exact) mass is 390 g/mol. The number of nitrogens with zero attached hydrogens (tertiary/aromatic N) is 2. The lowest BCUT2D eigenvalue weighted by atomic mass is 9.73. The molecule has 0 radical (unpaired) electrons. The Morgan fingerprint density at radius 2 is 1.90 bits per heavy atom. The van der Waals surface area contributed by atoms with Gasteiger partial charge in [-0.1, -0.05) is 6.07 Å². The molecule has 6 heteroatoms. The molecule has 3 aliphatic heterocycles. The number of nitrogens with one attached hydrogen (secondary N) is 2. The molecule has 29 heavy (non-hydrogen) atoms. The van der Waals surface area contributed by atoms with E-state index in [1.165, 1.54) is 0 Å². The number of piperidine rings is 2. The number of amides is 2. The zero-order valence-electron chi connectivity index (χ0n) is 16.5. The van der Waals surface area contributed by atoms with Crippen molar-refractivity contribution in [3.63, 3.8) is 0 Å². The summed E-state index contributed by atoms with van der Waals surface area (Å²) in [5, 5.41) is 6.41. The van der Waals surface area contributed by atoms with Crippen LogP contribution in [-0.4, -0.2) is 47.9 Å². The van der Waals surface area contributed by atoms with Crippen molar-refractivity contribution < 1.29 is 9.59 Å². The first-order valence-electron chi connectivity index (χ1n) is 10.5. The molecule has 0 saturated carbocycles. The van der Waals surface area contributed by atoms with E-state index in [9.17, 15) is 9.59 Å². The first kappa shape index (κ1) is 18.3. The number of aromatic nitrogens is 1. The second-order valence-corrected chi connectivity index (χ2v) is 8.40. The highest BCUT2D eigenvalue weighted by Crippen LogP contribution is 2.46. The Morgan fingerprint density at radius 1 is 1.10 bits per heavy atom. The number of fused-ring (bicyclic) bond motifs is 2. The molecular weight excluding hydrogens is 364 g/mol. The van der Waals surface area contributed by atoms with Crippen molar-refractivity contribution in [1.82, 2.24) is 15.2 Å². The zero-order chi connectivity index (χ0) is 19.8. The number of carbonyl (C=O) groups excluding carboxylic acids is 2. The van der Waals surface area contributed by atoms with E-state index in [0.717, 1.165) is 48.3 Å². The predicted molar refractivity (Wildman–Crippen MR) is 111 cm³/mol. The number of benzene rings is 1. The molecule has 4 heterocycles. The van der Waals surface area contributed by atoms with Crippen LogP contribution in [0.25, 0.3) is 11.1 Å². The summed E-state index contributed by atoms with van der Waals surface area (Å²) in [6.45, 7) is 3.06. The van der Waals surface area contributed by atoms with Gasteiger partial charge in [-0.25, -0.2) is 0 Å². The van der Waals surface area contributed by atoms with Crippen molar-refractivity contribution in [3.05, 3.63) is 48.3 Å². The molecule has 5 rings (SSSR count). The number of anilines is 1. The summed E-state index contributed by atoms with van der Waals surface area (Å²) in [7, 11) is 0. The molecule has 150 valence electrons. The van der Waals surface area contributed by atoms with Crippen molar-refractivity contribution in [3.8, 4) is 11.1 Å². The van der Waals surface area contributed by atoms with E-state index in [-0.39, 0.29) is 17.7 Å². The highest BCUT2D eigenvalue weighted by molar-refractivity contribution is 6.07. The highest BCUT2D eigenvalue weighted by atomic mass is 16.2. The van der Waals surface area contributed by atoms with Gasteiger partial charge in [0.2, 0.25) is 11.8 Å². The van der Waals surface area contributed by atoms with Gasteiger partial charge in [0.25, 0.3) is 0 Å². The summed E-state index contributed by atoms with van der Waals surface area (Å²) in [6.07, 6.45) is 6.95. The van der Waals surface area contributed by atoms with E-state index in [2.05, 4.69) is 21.7 Å². The lowest BCUT2D eigenvalue weighted by Crippen LogP contribution is -2.51. The molecule has 1 aromatic carbocycles. The average Bonchev–Trinajstić information content (AvgIpc) is 3.05. The summed E-state index contributed by atoms with van der Waals surface area (Å²) in [6, 6.07) is 10.2. The van der Waals surface area contributed by atoms with Crippen LogP contribution in [0.4, 0.5) is 5.69 Å². The zero-order valence-corrected chi connectivity index (χ0v) is 16.5. The molecule has 0 bridgehead atoms. The topological polar surface area (TPSA) is 74.3 Å². The number of carbonyl (C=O) groups is 2. The second kappa shape index (κ2) is 7.26. The number of hydrogen-bond donors (Lipinski definition) is 2. The molecule has 1 spiro atoms. The fourth-order valence-corrected chi connectivity index (χ4v) is 5.06. The van der Waals surface area contributed by atoms with Crippen LogP contribution in [0.1, 0.15) is 31.2 Å². The molecular formula is C23H26N4O2. The van der Waals surface area contributed by atoms with Crippen LogP contribution in [0.2, 0.25) is 0 Å². The van der Waals surface area contributed by atoms with Crippen LogP contribution in [0, 0.1) is 5.92 Å². The van der Waals surface area contributed by atoms with E-state index in [0.29, 0.717) is 25.9 Å². The summed E-state index contributed by atoms with van der Waals surface area (Å²) in [5.41, 5.74) is 3.63. The van der Waals surface area contributed by atoms with Gasteiger partial charge in [0.1, 0.15) is 0 Å². The third-order valence-electron chi connectivity index (χ3n) is 6.81. The number of hydrogen-bond acceptors (Lipinski definition) is 4. The van der Waals surface area contributed by atoms with Gasteiger partial charge in [-0.3, -0.25) is 14.6 Å². The second-order valence-electron chi connectivity index (χ2n) is 8.40. The van der Waals surface area contributed by atoms with E-state index in [4.69, 9.17) is 0 Å². The maximum Gasteiger partial charge on any atom is 0.235 e. The standard InChI is InChI=1S/C23H26N4O2/c28-21(18-2-1-9-25-15-18)27-12-7-23(8-13-27)19-14-17(16-5-10-24-11-6-16)3-4-20(19)26-22(23)29/h3-6,10-11,14,18,25H,1-2,7-9,12-13,15H2,(H,26,29). The van der Waals surface area contributed by atoms with Crippen LogP contribution in [0.3, 0.4) is 0 Å². The van der Waals surface area contributed by atoms with E-state index in [1.54, 1.807) is 12.4 Å². The van der Waals surface area contributed by atoms with E-state index >= 15 is 0 Å². The lowest BCUT2D eigenvalue weighted by Gasteiger charge is -2.39. The third-order valence-corrected chi connectivity index (χ3v) is 6.81. The van der Waals surface area contributed by atoms with Gasteiger partial charge in [-0.2, -0.15) is 0 Å². The molecule has 0 aliphatic carbocycles. The quantitative estimate of drug-likeness (QED) is 0.827. The molecule has 2 N–H and O–H groups in total. The van der Waals surface area contributed by atoms with Crippen molar-refractivity contribution in [2.24, 2.45) is 5.92 Å². The lowest BCUT2D eigenvalue weighted by molar-refractivity contribution is -0.139. The average molecular weight is 390 g/mol. The summed E-state index contributed by atoms with van der Waals surface area (Å²) < 4.78 is 0. The fraction of sp³-hybridized carbons (Fsp3) is 0.435. The molecule has 3 aliphatic rings. The van der Waals surface area contributed by atoms with Gasteiger partial charge in [-0.05, 0) is 73.2 Å². The van der Waals surface area contributed by atoms with Gasteiger partial charge in [0, 0.05) is 37.7 Å². The molecule has 1 atom stereocenters. The molecule has 2 aromatic rings. The first-order valence-corrected chi connectivity index (χ1v) is 10.5. The maximum atomic E-state index is 13.0. The Balaban J connectivity index is 1.38.